The molecule has 0 aromatic rings. The first kappa shape index (κ1) is 15.9. The Balaban J connectivity index is 4.21. The molecule has 0 aromatic heterocycles. The van der Waals surface area contributed by atoms with Gasteiger partial charge in [0.15, 0.2) is 9.84 Å². The summed E-state index contributed by atoms with van der Waals surface area (Å²) in [5, 5.41) is 3.27. The van der Waals surface area contributed by atoms with E-state index in [1.54, 1.807) is 20.8 Å². The van der Waals surface area contributed by atoms with Crippen molar-refractivity contribution in [1.29, 1.82) is 0 Å². The van der Waals surface area contributed by atoms with Crippen LogP contribution in [-0.4, -0.2) is 31.5 Å². The highest BCUT2D eigenvalue weighted by Crippen LogP contribution is 2.19. The molecule has 3 nitrogen and oxygen atoms in total. The standard InChI is InChI=1S/C12H27NO2S/c1-10(11(2,3)4)13-8-9-16(14,15)12(5,6)7/h10,13H,8-9H2,1-7H3. The smallest absolute Gasteiger partial charge is 0.156 e. The maximum atomic E-state index is 11.8. The molecule has 0 amide bonds. The maximum absolute atomic E-state index is 11.8. The topological polar surface area (TPSA) is 46.2 Å². The van der Waals surface area contributed by atoms with Crippen molar-refractivity contribution in [2.75, 3.05) is 12.3 Å². The van der Waals surface area contributed by atoms with Crippen molar-refractivity contribution in [1.82, 2.24) is 5.32 Å². The zero-order valence-electron chi connectivity index (χ0n) is 11.7. The van der Waals surface area contributed by atoms with Gasteiger partial charge in [-0.15, -0.1) is 0 Å². The third-order valence-electron chi connectivity index (χ3n) is 3.05. The van der Waals surface area contributed by atoms with Gasteiger partial charge in [0, 0.05) is 12.6 Å². The van der Waals surface area contributed by atoms with E-state index in [4.69, 9.17) is 0 Å². The second-order valence-electron chi connectivity index (χ2n) is 6.47. The van der Waals surface area contributed by atoms with Crippen LogP contribution >= 0.6 is 0 Å². The van der Waals surface area contributed by atoms with E-state index in [2.05, 4.69) is 33.0 Å². The summed E-state index contributed by atoms with van der Waals surface area (Å²) in [7, 11) is -3.00. The van der Waals surface area contributed by atoms with Crippen LogP contribution in [0.15, 0.2) is 0 Å². The first-order valence-corrected chi connectivity index (χ1v) is 7.49. The van der Waals surface area contributed by atoms with Crippen LogP contribution in [0.2, 0.25) is 0 Å². The summed E-state index contributed by atoms with van der Waals surface area (Å²) in [6.45, 7) is 14.3. The first-order chi connectivity index (χ1) is 6.88. The van der Waals surface area contributed by atoms with Gasteiger partial charge in [0.2, 0.25) is 0 Å². The Labute approximate surface area is 101 Å². The predicted octanol–water partition coefficient (Wildman–Crippen LogP) is 2.22. The summed E-state index contributed by atoms with van der Waals surface area (Å²) in [4.78, 5) is 0. The van der Waals surface area contributed by atoms with Crippen molar-refractivity contribution in [2.24, 2.45) is 5.41 Å². The molecule has 0 rings (SSSR count). The van der Waals surface area contributed by atoms with Gasteiger partial charge < -0.3 is 5.32 Å². The van der Waals surface area contributed by atoms with Crippen LogP contribution < -0.4 is 5.32 Å². The van der Waals surface area contributed by atoms with E-state index in [1.165, 1.54) is 0 Å². The second kappa shape index (κ2) is 5.05. The molecule has 0 aliphatic carbocycles. The fourth-order valence-corrected chi connectivity index (χ4v) is 2.02. The molecular formula is C12H27NO2S. The molecule has 1 atom stereocenters. The van der Waals surface area contributed by atoms with E-state index >= 15 is 0 Å². The maximum Gasteiger partial charge on any atom is 0.156 e. The van der Waals surface area contributed by atoms with Gasteiger partial charge in [-0.25, -0.2) is 8.42 Å². The Bertz CT molecular complexity index is 307. The molecule has 16 heavy (non-hydrogen) atoms. The van der Waals surface area contributed by atoms with E-state index in [1.807, 2.05) is 0 Å². The fraction of sp³-hybridized carbons (Fsp3) is 1.00. The monoisotopic (exact) mass is 249 g/mol. The summed E-state index contributed by atoms with van der Waals surface area (Å²) in [6, 6.07) is 0.308. The van der Waals surface area contributed by atoms with Gasteiger partial charge >= 0.3 is 0 Å². The van der Waals surface area contributed by atoms with E-state index < -0.39 is 14.6 Å². The largest absolute Gasteiger partial charge is 0.313 e. The number of hydrogen-bond donors (Lipinski definition) is 1. The van der Waals surface area contributed by atoms with Crippen molar-refractivity contribution in [3.8, 4) is 0 Å². The van der Waals surface area contributed by atoms with Gasteiger partial charge in [-0.1, -0.05) is 20.8 Å². The minimum Gasteiger partial charge on any atom is -0.313 e. The van der Waals surface area contributed by atoms with E-state index in [0.717, 1.165) is 0 Å². The lowest BCUT2D eigenvalue weighted by atomic mass is 9.88. The fourth-order valence-electron chi connectivity index (χ4n) is 1.02. The summed E-state index contributed by atoms with van der Waals surface area (Å²) in [5.74, 6) is 0.205. The summed E-state index contributed by atoms with van der Waals surface area (Å²) < 4.78 is 23.0. The predicted molar refractivity (Wildman–Crippen MR) is 70.5 cm³/mol. The van der Waals surface area contributed by atoms with E-state index in [0.29, 0.717) is 12.6 Å². The second-order valence-corrected chi connectivity index (χ2v) is 9.34. The molecule has 0 heterocycles. The van der Waals surface area contributed by atoms with Gasteiger partial charge in [-0.3, -0.25) is 0 Å². The lowest BCUT2D eigenvalue weighted by molar-refractivity contribution is 0.291. The number of sulfone groups is 1. The van der Waals surface area contributed by atoms with E-state index in [9.17, 15) is 8.42 Å². The quantitative estimate of drug-likeness (QED) is 0.831. The van der Waals surface area contributed by atoms with Crippen molar-refractivity contribution < 1.29 is 8.42 Å². The van der Waals surface area contributed by atoms with Crippen molar-refractivity contribution in [3.05, 3.63) is 0 Å². The molecule has 98 valence electrons. The molecule has 0 saturated heterocycles. The molecule has 1 unspecified atom stereocenters. The molecule has 0 aliphatic heterocycles. The van der Waals surface area contributed by atoms with Gasteiger partial charge in [-0.2, -0.15) is 0 Å². The molecule has 0 spiro atoms. The molecule has 1 N–H and O–H groups in total. The van der Waals surface area contributed by atoms with Crippen LogP contribution in [0.5, 0.6) is 0 Å². The Morgan fingerprint density at radius 2 is 1.50 bits per heavy atom. The minimum atomic E-state index is -3.00. The van der Waals surface area contributed by atoms with Crippen molar-refractivity contribution in [3.63, 3.8) is 0 Å². The number of nitrogens with one attached hydrogen (secondary N) is 1. The Hall–Kier alpha value is -0.0900. The molecule has 0 aliphatic rings. The summed E-state index contributed by atoms with van der Waals surface area (Å²) in [6.07, 6.45) is 0. The van der Waals surface area contributed by atoms with Crippen molar-refractivity contribution >= 4 is 9.84 Å². The third kappa shape index (κ3) is 4.83. The van der Waals surface area contributed by atoms with Gasteiger partial charge in [-0.05, 0) is 33.1 Å². The Morgan fingerprint density at radius 3 is 1.81 bits per heavy atom. The molecule has 0 radical (unpaired) electrons. The number of hydrogen-bond acceptors (Lipinski definition) is 3. The van der Waals surface area contributed by atoms with Crippen LogP contribution in [0, 0.1) is 5.41 Å². The molecule has 0 saturated carbocycles. The van der Waals surface area contributed by atoms with Crippen molar-refractivity contribution in [2.45, 2.75) is 59.3 Å². The highest BCUT2D eigenvalue weighted by atomic mass is 32.2. The Morgan fingerprint density at radius 1 is 1.06 bits per heavy atom. The lowest BCUT2D eigenvalue weighted by Crippen LogP contribution is -2.42. The molecular weight excluding hydrogens is 222 g/mol. The van der Waals surface area contributed by atoms with Crippen LogP contribution in [0.3, 0.4) is 0 Å². The average molecular weight is 249 g/mol. The normalized spacial score (nSPS) is 16.2. The summed E-state index contributed by atoms with van der Waals surface area (Å²) >= 11 is 0. The van der Waals surface area contributed by atoms with Gasteiger partial charge in [0.1, 0.15) is 0 Å². The van der Waals surface area contributed by atoms with E-state index in [-0.39, 0.29) is 11.2 Å². The van der Waals surface area contributed by atoms with Crippen LogP contribution in [-0.2, 0) is 9.84 Å². The number of rotatable bonds is 4. The summed E-state index contributed by atoms with van der Waals surface area (Å²) in [5.41, 5.74) is 0.158. The zero-order valence-corrected chi connectivity index (χ0v) is 12.5. The lowest BCUT2D eigenvalue weighted by Gasteiger charge is -2.28. The molecule has 0 bridgehead atoms. The minimum absolute atomic E-state index is 0.158. The van der Waals surface area contributed by atoms with Gasteiger partial charge in [0.25, 0.3) is 0 Å². The third-order valence-corrected chi connectivity index (χ3v) is 5.66. The average Bonchev–Trinajstić information content (AvgIpc) is 1.99. The van der Waals surface area contributed by atoms with Crippen LogP contribution in [0.25, 0.3) is 0 Å². The SMILES string of the molecule is CC(NCCS(=O)(=O)C(C)(C)C)C(C)(C)C. The highest BCUT2D eigenvalue weighted by molar-refractivity contribution is 7.92. The highest BCUT2D eigenvalue weighted by Gasteiger charge is 2.28. The zero-order chi connectivity index (χ0) is 13.2. The Kier molecular flexibility index (Phi) is 5.02. The van der Waals surface area contributed by atoms with Gasteiger partial charge in [0.05, 0.1) is 10.5 Å². The van der Waals surface area contributed by atoms with Crippen LogP contribution in [0.1, 0.15) is 48.5 Å². The van der Waals surface area contributed by atoms with Crippen LogP contribution in [0.4, 0.5) is 0 Å². The molecule has 4 heteroatoms. The molecule has 0 fully saturated rings. The first-order valence-electron chi connectivity index (χ1n) is 5.83. The molecule has 0 aromatic carbocycles.